The summed E-state index contributed by atoms with van der Waals surface area (Å²) in [6.45, 7) is 8.00. The lowest BCUT2D eigenvalue weighted by atomic mass is 10.1. The number of nitrogens with one attached hydrogen (secondary N) is 2. The highest BCUT2D eigenvalue weighted by molar-refractivity contribution is 5.94. The summed E-state index contributed by atoms with van der Waals surface area (Å²) in [7, 11) is 3.52. The SMILES string of the molecule is CCNC(=NCc1ccc(OC(C)C)nc1)NCCc1cccc(C(=O)N(C)C)c1. The van der Waals surface area contributed by atoms with Gasteiger partial charge in [-0.15, -0.1) is 0 Å². The molecule has 0 fully saturated rings. The number of amides is 1. The minimum atomic E-state index is 0.0122. The molecule has 7 nitrogen and oxygen atoms in total. The molecule has 2 aromatic rings. The van der Waals surface area contributed by atoms with E-state index in [0.717, 1.165) is 30.1 Å². The number of aliphatic imine (C=N–C) groups is 1. The van der Waals surface area contributed by atoms with E-state index >= 15 is 0 Å². The first-order valence-corrected chi connectivity index (χ1v) is 10.3. The maximum absolute atomic E-state index is 12.1. The van der Waals surface area contributed by atoms with Crippen molar-refractivity contribution in [3.05, 3.63) is 59.3 Å². The third-order valence-corrected chi connectivity index (χ3v) is 4.20. The van der Waals surface area contributed by atoms with E-state index in [-0.39, 0.29) is 12.0 Å². The van der Waals surface area contributed by atoms with E-state index in [0.29, 0.717) is 24.5 Å². The molecule has 0 radical (unpaired) electrons. The normalized spacial score (nSPS) is 11.3. The molecule has 1 amide bonds. The number of hydrogen-bond donors (Lipinski definition) is 2. The number of hydrogen-bond acceptors (Lipinski definition) is 4. The molecule has 30 heavy (non-hydrogen) atoms. The van der Waals surface area contributed by atoms with Crippen LogP contribution in [0.3, 0.4) is 0 Å². The van der Waals surface area contributed by atoms with Crippen molar-refractivity contribution in [2.24, 2.45) is 4.99 Å². The predicted molar refractivity (Wildman–Crippen MR) is 121 cm³/mol. The zero-order chi connectivity index (χ0) is 21.9. The molecule has 1 heterocycles. The molecule has 2 rings (SSSR count). The van der Waals surface area contributed by atoms with Crippen molar-refractivity contribution < 1.29 is 9.53 Å². The molecule has 0 aliphatic heterocycles. The molecular weight excluding hydrogens is 378 g/mol. The van der Waals surface area contributed by atoms with Crippen LogP contribution in [0.5, 0.6) is 5.88 Å². The minimum Gasteiger partial charge on any atom is -0.475 e. The number of benzene rings is 1. The van der Waals surface area contributed by atoms with Crippen molar-refractivity contribution in [1.82, 2.24) is 20.5 Å². The number of carbonyl (C=O) groups excluding carboxylic acids is 1. The highest BCUT2D eigenvalue weighted by Gasteiger charge is 2.08. The number of carbonyl (C=O) groups is 1. The van der Waals surface area contributed by atoms with Crippen LogP contribution in [-0.4, -0.2) is 55.0 Å². The molecule has 0 unspecified atom stereocenters. The summed E-state index contributed by atoms with van der Waals surface area (Å²) in [5.41, 5.74) is 2.82. The van der Waals surface area contributed by atoms with Crippen LogP contribution in [-0.2, 0) is 13.0 Å². The zero-order valence-electron chi connectivity index (χ0n) is 18.6. The molecule has 0 aliphatic carbocycles. The minimum absolute atomic E-state index is 0.0122. The van der Waals surface area contributed by atoms with Crippen LogP contribution in [0, 0.1) is 0 Å². The van der Waals surface area contributed by atoms with Crippen molar-refractivity contribution in [2.45, 2.75) is 39.8 Å². The first-order valence-electron chi connectivity index (χ1n) is 10.3. The van der Waals surface area contributed by atoms with Crippen LogP contribution in [0.2, 0.25) is 0 Å². The molecule has 7 heteroatoms. The van der Waals surface area contributed by atoms with E-state index in [9.17, 15) is 4.79 Å². The third kappa shape index (κ3) is 7.73. The molecule has 0 atom stereocenters. The molecule has 0 saturated heterocycles. The van der Waals surface area contributed by atoms with Crippen molar-refractivity contribution in [1.29, 1.82) is 0 Å². The van der Waals surface area contributed by atoms with Gasteiger partial charge in [-0.05, 0) is 50.5 Å². The van der Waals surface area contributed by atoms with Crippen molar-refractivity contribution in [3.8, 4) is 5.88 Å². The largest absolute Gasteiger partial charge is 0.475 e. The van der Waals surface area contributed by atoms with Crippen molar-refractivity contribution >= 4 is 11.9 Å². The third-order valence-electron chi connectivity index (χ3n) is 4.20. The molecule has 0 aliphatic rings. The van der Waals surface area contributed by atoms with Crippen LogP contribution >= 0.6 is 0 Å². The number of nitrogens with zero attached hydrogens (tertiary/aromatic N) is 3. The van der Waals surface area contributed by atoms with E-state index < -0.39 is 0 Å². The molecular formula is C23H33N5O2. The lowest BCUT2D eigenvalue weighted by molar-refractivity contribution is 0.0827. The van der Waals surface area contributed by atoms with E-state index in [2.05, 4.69) is 20.6 Å². The fraction of sp³-hybridized carbons (Fsp3) is 0.435. The lowest BCUT2D eigenvalue weighted by Gasteiger charge is -2.13. The summed E-state index contributed by atoms with van der Waals surface area (Å²) in [6.07, 6.45) is 2.69. The molecule has 0 spiro atoms. The highest BCUT2D eigenvalue weighted by Crippen LogP contribution is 2.10. The number of pyridine rings is 1. The Kier molecular flexibility index (Phi) is 9.12. The monoisotopic (exact) mass is 411 g/mol. The van der Waals surface area contributed by atoms with Gasteiger partial charge in [0.15, 0.2) is 5.96 Å². The molecule has 0 saturated carbocycles. The van der Waals surface area contributed by atoms with Gasteiger partial charge in [-0.25, -0.2) is 9.98 Å². The summed E-state index contributed by atoms with van der Waals surface area (Å²) in [5.74, 6) is 1.39. The van der Waals surface area contributed by atoms with Crippen molar-refractivity contribution in [2.75, 3.05) is 27.2 Å². The molecule has 1 aromatic carbocycles. The van der Waals surface area contributed by atoms with E-state index in [4.69, 9.17) is 4.74 Å². The Bertz CT molecular complexity index is 832. The average Bonchev–Trinajstić information content (AvgIpc) is 2.72. The maximum Gasteiger partial charge on any atom is 0.253 e. The van der Waals surface area contributed by atoms with Crippen LogP contribution in [0.4, 0.5) is 0 Å². The van der Waals surface area contributed by atoms with Gasteiger partial charge in [-0.3, -0.25) is 4.79 Å². The predicted octanol–water partition coefficient (Wildman–Crippen LogP) is 2.87. The number of ether oxygens (including phenoxy) is 1. The average molecular weight is 412 g/mol. The molecule has 162 valence electrons. The first-order chi connectivity index (χ1) is 14.4. The fourth-order valence-corrected chi connectivity index (χ4v) is 2.77. The zero-order valence-corrected chi connectivity index (χ0v) is 18.6. The van der Waals surface area contributed by atoms with Gasteiger partial charge < -0.3 is 20.3 Å². The van der Waals surface area contributed by atoms with Gasteiger partial charge in [0, 0.05) is 45.0 Å². The summed E-state index contributed by atoms with van der Waals surface area (Å²) in [4.78, 5) is 22.7. The van der Waals surface area contributed by atoms with E-state index in [1.54, 1.807) is 25.2 Å². The Balaban J connectivity index is 1.91. The Morgan fingerprint density at radius 1 is 1.17 bits per heavy atom. The Labute approximate surface area is 179 Å². The molecule has 1 aromatic heterocycles. The van der Waals surface area contributed by atoms with Crippen LogP contribution in [0.25, 0.3) is 0 Å². The Hall–Kier alpha value is -3.09. The highest BCUT2D eigenvalue weighted by atomic mass is 16.5. The van der Waals surface area contributed by atoms with Gasteiger partial charge in [0.05, 0.1) is 12.6 Å². The Morgan fingerprint density at radius 2 is 1.97 bits per heavy atom. The first kappa shape index (κ1) is 23.2. The summed E-state index contributed by atoms with van der Waals surface area (Å²) < 4.78 is 5.57. The topological polar surface area (TPSA) is 78.9 Å². The Morgan fingerprint density at radius 3 is 2.60 bits per heavy atom. The quantitative estimate of drug-likeness (QED) is 0.490. The van der Waals surface area contributed by atoms with Crippen LogP contribution in [0.1, 0.15) is 42.3 Å². The summed E-state index contributed by atoms with van der Waals surface area (Å²) in [6, 6.07) is 11.6. The fourth-order valence-electron chi connectivity index (χ4n) is 2.77. The second kappa shape index (κ2) is 11.8. The molecule has 0 bridgehead atoms. The number of rotatable bonds is 9. The number of guanidine groups is 1. The number of aromatic nitrogens is 1. The standard InChI is InChI=1S/C23H33N5O2/c1-6-24-23(27-16-19-10-11-21(26-15-19)30-17(2)3)25-13-12-18-8-7-9-20(14-18)22(29)28(4)5/h7-11,14-15,17H,6,12-13,16H2,1-5H3,(H2,24,25,27). The maximum atomic E-state index is 12.1. The van der Waals surface area contributed by atoms with Crippen LogP contribution in [0.15, 0.2) is 47.6 Å². The smallest absolute Gasteiger partial charge is 0.253 e. The summed E-state index contributed by atoms with van der Waals surface area (Å²) >= 11 is 0. The van der Waals surface area contributed by atoms with Crippen molar-refractivity contribution in [3.63, 3.8) is 0 Å². The lowest BCUT2D eigenvalue weighted by Crippen LogP contribution is -2.38. The summed E-state index contributed by atoms with van der Waals surface area (Å²) in [5, 5.41) is 6.60. The van der Waals surface area contributed by atoms with Gasteiger partial charge in [-0.1, -0.05) is 18.2 Å². The van der Waals surface area contributed by atoms with Crippen LogP contribution < -0.4 is 15.4 Å². The van der Waals surface area contributed by atoms with Gasteiger partial charge in [0.1, 0.15) is 0 Å². The van der Waals surface area contributed by atoms with E-state index in [1.807, 2.05) is 57.2 Å². The second-order valence-corrected chi connectivity index (χ2v) is 7.44. The van der Waals surface area contributed by atoms with Gasteiger partial charge in [0.2, 0.25) is 5.88 Å². The van der Waals surface area contributed by atoms with E-state index in [1.165, 1.54) is 0 Å². The van der Waals surface area contributed by atoms with Gasteiger partial charge in [-0.2, -0.15) is 0 Å². The van der Waals surface area contributed by atoms with Gasteiger partial charge in [0.25, 0.3) is 5.91 Å². The van der Waals surface area contributed by atoms with Gasteiger partial charge >= 0.3 is 0 Å². The molecule has 2 N–H and O–H groups in total. The second-order valence-electron chi connectivity index (χ2n) is 7.44.